The molecule has 31 heavy (non-hydrogen) atoms. The minimum Gasteiger partial charge on any atom is -0.347 e. The summed E-state index contributed by atoms with van der Waals surface area (Å²) in [5, 5.41) is 4.02. The lowest BCUT2D eigenvalue weighted by Crippen LogP contribution is -2.31. The van der Waals surface area contributed by atoms with Crippen LogP contribution in [0.3, 0.4) is 0 Å². The first-order chi connectivity index (χ1) is 14.9. The number of hydrogen-bond donors (Lipinski definition) is 1. The first-order valence-corrected chi connectivity index (χ1v) is 10.9. The summed E-state index contributed by atoms with van der Waals surface area (Å²) in [6.45, 7) is 3.72. The Labute approximate surface area is 188 Å². The Hall–Kier alpha value is -2.97. The number of carbonyl (C=O) groups excluding carboxylic acids is 2. The minimum atomic E-state index is -0.301. The number of pyridine rings is 1. The van der Waals surface area contributed by atoms with Gasteiger partial charge in [0.05, 0.1) is 4.88 Å². The molecule has 3 heterocycles. The second-order valence-electron chi connectivity index (χ2n) is 7.25. The number of carbonyl (C=O) groups is 2. The van der Waals surface area contributed by atoms with Crippen LogP contribution in [0.2, 0.25) is 5.15 Å². The molecule has 0 spiro atoms. The number of aryl methyl sites for hydroxylation is 1. The number of amides is 3. The molecule has 0 saturated carbocycles. The van der Waals surface area contributed by atoms with Gasteiger partial charge < -0.3 is 10.2 Å². The molecule has 1 aliphatic heterocycles. The predicted molar refractivity (Wildman–Crippen MR) is 119 cm³/mol. The van der Waals surface area contributed by atoms with Crippen molar-refractivity contribution in [2.24, 2.45) is 0 Å². The lowest BCUT2D eigenvalue weighted by atomic mass is 10.2. The van der Waals surface area contributed by atoms with E-state index in [2.05, 4.69) is 10.3 Å². The van der Waals surface area contributed by atoms with Crippen molar-refractivity contribution in [3.8, 4) is 0 Å². The van der Waals surface area contributed by atoms with Gasteiger partial charge in [-0.15, -0.1) is 11.3 Å². The van der Waals surface area contributed by atoms with Gasteiger partial charge in [0.15, 0.2) is 0 Å². The third-order valence-corrected chi connectivity index (χ3v) is 6.48. The molecule has 1 saturated heterocycles. The van der Waals surface area contributed by atoms with Gasteiger partial charge in [-0.2, -0.15) is 0 Å². The van der Waals surface area contributed by atoms with E-state index in [1.54, 1.807) is 40.3 Å². The van der Waals surface area contributed by atoms with E-state index in [4.69, 9.17) is 11.6 Å². The van der Waals surface area contributed by atoms with Gasteiger partial charge in [-0.25, -0.2) is 14.2 Å². The van der Waals surface area contributed by atoms with Crippen molar-refractivity contribution in [1.82, 2.24) is 15.2 Å². The number of urea groups is 1. The van der Waals surface area contributed by atoms with Crippen LogP contribution < -0.4 is 10.2 Å². The number of hydrogen-bond acceptors (Lipinski definition) is 4. The van der Waals surface area contributed by atoms with Crippen LogP contribution in [0.15, 0.2) is 48.7 Å². The Morgan fingerprint density at radius 2 is 1.94 bits per heavy atom. The minimum absolute atomic E-state index is 0.121. The van der Waals surface area contributed by atoms with Crippen LogP contribution in [0.4, 0.5) is 14.2 Å². The van der Waals surface area contributed by atoms with Gasteiger partial charge in [-0.05, 0) is 47.9 Å². The van der Waals surface area contributed by atoms with E-state index in [-0.39, 0.29) is 17.8 Å². The number of benzene rings is 1. The molecule has 0 bridgehead atoms. The van der Waals surface area contributed by atoms with Gasteiger partial charge in [0, 0.05) is 32.4 Å². The molecule has 0 unspecified atom stereocenters. The van der Waals surface area contributed by atoms with Gasteiger partial charge in [0.25, 0.3) is 5.91 Å². The van der Waals surface area contributed by atoms with Gasteiger partial charge in [0.2, 0.25) is 0 Å². The predicted octanol–water partition coefficient (Wildman–Crippen LogP) is 4.62. The number of nitrogens with one attached hydrogen (secondary N) is 1. The summed E-state index contributed by atoms with van der Waals surface area (Å²) >= 11 is 7.08. The average Bonchev–Trinajstić information content (AvgIpc) is 3.31. The molecule has 9 heteroatoms. The molecule has 1 aromatic carbocycles. The van der Waals surface area contributed by atoms with Crippen molar-refractivity contribution < 1.29 is 14.0 Å². The summed E-state index contributed by atoms with van der Waals surface area (Å²) in [7, 11) is 0. The molecule has 0 radical (unpaired) electrons. The van der Waals surface area contributed by atoms with Crippen LogP contribution in [0.1, 0.15) is 26.4 Å². The third-order valence-electron chi connectivity index (χ3n) is 5.00. The molecule has 160 valence electrons. The van der Waals surface area contributed by atoms with E-state index in [0.29, 0.717) is 36.2 Å². The van der Waals surface area contributed by atoms with E-state index in [9.17, 15) is 14.0 Å². The summed E-state index contributed by atoms with van der Waals surface area (Å²) in [6, 6.07) is 11.4. The zero-order chi connectivity index (χ0) is 22.0. The SMILES string of the molecule is Cc1cc(N2CCN(Cc3ccc(F)cc3)C2=O)sc1C(=O)NCc1ccc(Cl)nc1. The summed E-state index contributed by atoms with van der Waals surface area (Å²) in [5.74, 6) is -0.496. The molecule has 3 amide bonds. The van der Waals surface area contributed by atoms with Crippen LogP contribution in [0, 0.1) is 12.7 Å². The van der Waals surface area contributed by atoms with Crippen LogP contribution >= 0.6 is 22.9 Å². The second kappa shape index (κ2) is 9.03. The smallest absolute Gasteiger partial charge is 0.325 e. The van der Waals surface area contributed by atoms with Crippen molar-refractivity contribution in [2.75, 3.05) is 18.0 Å². The van der Waals surface area contributed by atoms with E-state index < -0.39 is 0 Å². The Kier molecular flexibility index (Phi) is 6.20. The van der Waals surface area contributed by atoms with Crippen molar-refractivity contribution >= 4 is 39.9 Å². The highest BCUT2D eigenvalue weighted by Crippen LogP contribution is 2.32. The summed E-state index contributed by atoms with van der Waals surface area (Å²) in [5.41, 5.74) is 2.53. The van der Waals surface area contributed by atoms with Crippen LogP contribution in [0.5, 0.6) is 0 Å². The van der Waals surface area contributed by atoms with E-state index in [1.807, 2.05) is 13.0 Å². The van der Waals surface area contributed by atoms with Gasteiger partial charge >= 0.3 is 6.03 Å². The maximum Gasteiger partial charge on any atom is 0.325 e. The standard InChI is InChI=1S/C22H20ClFN4O2S/c1-14-10-19(31-20(14)21(29)26-12-16-4-7-18(23)25-11-16)28-9-8-27(22(28)30)13-15-2-5-17(24)6-3-15/h2-7,10-11H,8-9,12-13H2,1H3,(H,26,29). The quantitative estimate of drug-likeness (QED) is 0.548. The third kappa shape index (κ3) is 4.86. The van der Waals surface area contributed by atoms with Gasteiger partial charge in [-0.3, -0.25) is 9.69 Å². The molecule has 4 rings (SSSR count). The summed E-state index contributed by atoms with van der Waals surface area (Å²) in [4.78, 5) is 33.5. The highest BCUT2D eigenvalue weighted by molar-refractivity contribution is 7.18. The number of halogens is 2. The fourth-order valence-corrected chi connectivity index (χ4v) is 4.56. The molecule has 1 aliphatic rings. The number of rotatable bonds is 6. The molecule has 1 N–H and O–H groups in total. The maximum absolute atomic E-state index is 13.1. The molecular weight excluding hydrogens is 439 g/mol. The Bertz CT molecular complexity index is 1100. The number of anilines is 1. The molecule has 1 fully saturated rings. The molecule has 0 atom stereocenters. The zero-order valence-electron chi connectivity index (χ0n) is 16.8. The highest BCUT2D eigenvalue weighted by Gasteiger charge is 2.31. The fourth-order valence-electron chi connectivity index (χ4n) is 3.34. The van der Waals surface area contributed by atoms with Crippen LogP contribution in [-0.4, -0.2) is 34.9 Å². The van der Waals surface area contributed by atoms with Gasteiger partial charge in [-0.1, -0.05) is 29.8 Å². The number of aromatic nitrogens is 1. The van der Waals surface area contributed by atoms with E-state index in [0.717, 1.165) is 21.7 Å². The Morgan fingerprint density at radius 3 is 2.65 bits per heavy atom. The summed E-state index contributed by atoms with van der Waals surface area (Å²) in [6.07, 6.45) is 1.62. The van der Waals surface area contributed by atoms with E-state index in [1.165, 1.54) is 23.5 Å². The lowest BCUT2D eigenvalue weighted by molar-refractivity contribution is 0.0954. The highest BCUT2D eigenvalue weighted by atomic mass is 35.5. The van der Waals surface area contributed by atoms with Crippen molar-refractivity contribution in [3.05, 3.63) is 81.2 Å². The molecule has 6 nitrogen and oxygen atoms in total. The molecule has 2 aromatic heterocycles. The number of nitrogens with zero attached hydrogens (tertiary/aromatic N) is 3. The fraction of sp³-hybridized carbons (Fsp3) is 0.227. The van der Waals surface area contributed by atoms with Crippen LogP contribution in [0.25, 0.3) is 0 Å². The Balaban J connectivity index is 1.40. The first kappa shape index (κ1) is 21.3. The van der Waals surface area contributed by atoms with Crippen molar-refractivity contribution in [1.29, 1.82) is 0 Å². The van der Waals surface area contributed by atoms with Crippen molar-refractivity contribution in [2.45, 2.75) is 20.0 Å². The van der Waals surface area contributed by atoms with E-state index >= 15 is 0 Å². The average molecular weight is 459 g/mol. The summed E-state index contributed by atoms with van der Waals surface area (Å²) < 4.78 is 13.1. The lowest BCUT2D eigenvalue weighted by Gasteiger charge is -2.17. The largest absolute Gasteiger partial charge is 0.347 e. The number of thiophene rings is 1. The molecular formula is C22H20ClFN4O2S. The maximum atomic E-state index is 13.1. The molecule has 0 aliphatic carbocycles. The van der Waals surface area contributed by atoms with Crippen LogP contribution in [-0.2, 0) is 13.1 Å². The van der Waals surface area contributed by atoms with Crippen molar-refractivity contribution in [3.63, 3.8) is 0 Å². The molecule has 3 aromatic rings. The zero-order valence-corrected chi connectivity index (χ0v) is 18.3. The second-order valence-corrected chi connectivity index (χ2v) is 8.67. The topological polar surface area (TPSA) is 65.5 Å². The monoisotopic (exact) mass is 458 g/mol. The Morgan fingerprint density at radius 1 is 1.19 bits per heavy atom. The first-order valence-electron chi connectivity index (χ1n) is 9.70. The van der Waals surface area contributed by atoms with Gasteiger partial charge in [0.1, 0.15) is 16.0 Å². The normalized spacial score (nSPS) is 13.7.